The molecule has 2 atom stereocenters. The fourth-order valence-electron chi connectivity index (χ4n) is 3.15. The van der Waals surface area contributed by atoms with Gasteiger partial charge in [-0.2, -0.15) is 0 Å². The van der Waals surface area contributed by atoms with Gasteiger partial charge in [0.05, 0.1) is 0 Å². The van der Waals surface area contributed by atoms with Crippen LogP contribution in [0, 0.1) is 17.8 Å². The first-order chi connectivity index (χ1) is 5.90. The summed E-state index contributed by atoms with van der Waals surface area (Å²) in [6.45, 7) is 0.930. The number of nitrogens with two attached hydrogens (primary N) is 1. The average molecular weight is 167 g/mol. The molecule has 0 radical (unpaired) electrons. The Morgan fingerprint density at radius 3 is 1.92 bits per heavy atom. The first-order valence-corrected chi connectivity index (χ1v) is 5.60. The normalized spacial score (nSPS) is 42.2. The van der Waals surface area contributed by atoms with E-state index in [-0.39, 0.29) is 0 Å². The summed E-state index contributed by atoms with van der Waals surface area (Å²) < 4.78 is 0. The zero-order valence-corrected chi connectivity index (χ0v) is 7.97. The Hall–Kier alpha value is -0.0400. The molecule has 2 unspecified atom stereocenters. The molecule has 12 heavy (non-hydrogen) atoms. The molecule has 0 amide bonds. The molecule has 0 aromatic carbocycles. The van der Waals surface area contributed by atoms with Crippen LogP contribution in [-0.4, -0.2) is 6.54 Å². The van der Waals surface area contributed by atoms with E-state index >= 15 is 0 Å². The third-order valence-electron chi connectivity index (χ3n) is 4.04. The molecule has 2 rings (SSSR count). The smallest absolute Gasteiger partial charge is 0.00489 e. The summed E-state index contributed by atoms with van der Waals surface area (Å²) in [6, 6.07) is 0. The van der Waals surface area contributed by atoms with E-state index in [0.29, 0.717) is 0 Å². The van der Waals surface area contributed by atoms with Gasteiger partial charge in [0.15, 0.2) is 0 Å². The molecule has 0 aromatic rings. The van der Waals surface area contributed by atoms with E-state index in [0.717, 1.165) is 24.3 Å². The van der Waals surface area contributed by atoms with Crippen LogP contribution in [0.25, 0.3) is 0 Å². The molecule has 1 nitrogen and oxygen atoms in total. The van der Waals surface area contributed by atoms with E-state index in [1.165, 1.54) is 44.9 Å². The molecule has 2 aliphatic carbocycles. The average Bonchev–Trinajstić information content (AvgIpc) is 2.46. The summed E-state index contributed by atoms with van der Waals surface area (Å²) in [7, 11) is 0. The summed E-state index contributed by atoms with van der Waals surface area (Å²) in [5.74, 6) is 3.03. The van der Waals surface area contributed by atoms with Crippen molar-refractivity contribution in [3.05, 3.63) is 0 Å². The Kier molecular flexibility index (Phi) is 2.69. The lowest BCUT2D eigenvalue weighted by molar-refractivity contribution is 0.367. The quantitative estimate of drug-likeness (QED) is 0.638. The zero-order chi connectivity index (χ0) is 8.39. The van der Waals surface area contributed by atoms with Gasteiger partial charge in [-0.1, -0.05) is 19.3 Å². The molecule has 2 fully saturated rings. The summed E-state index contributed by atoms with van der Waals surface area (Å²) in [5.41, 5.74) is 5.72. The minimum Gasteiger partial charge on any atom is -0.330 e. The molecule has 0 aromatic heterocycles. The molecule has 0 heterocycles. The van der Waals surface area contributed by atoms with Crippen molar-refractivity contribution in [3.63, 3.8) is 0 Å². The van der Waals surface area contributed by atoms with Gasteiger partial charge in [-0.15, -0.1) is 0 Å². The molecule has 2 N–H and O–H groups in total. The number of hydrogen-bond donors (Lipinski definition) is 1. The number of hydrogen-bond acceptors (Lipinski definition) is 1. The van der Waals surface area contributed by atoms with Crippen LogP contribution in [0.3, 0.4) is 0 Å². The van der Waals surface area contributed by atoms with Crippen molar-refractivity contribution < 1.29 is 0 Å². The molecule has 0 bridgehead atoms. The molecule has 2 aliphatic rings. The molecule has 0 spiro atoms. The van der Waals surface area contributed by atoms with Gasteiger partial charge >= 0.3 is 0 Å². The van der Waals surface area contributed by atoms with E-state index in [4.69, 9.17) is 5.73 Å². The largest absolute Gasteiger partial charge is 0.330 e. The van der Waals surface area contributed by atoms with Crippen LogP contribution >= 0.6 is 0 Å². The van der Waals surface area contributed by atoms with E-state index in [1.54, 1.807) is 0 Å². The third kappa shape index (κ3) is 1.66. The lowest BCUT2D eigenvalue weighted by Crippen LogP contribution is -2.13. The van der Waals surface area contributed by atoms with Crippen molar-refractivity contribution >= 4 is 0 Å². The number of rotatable bonds is 1. The van der Waals surface area contributed by atoms with E-state index in [9.17, 15) is 0 Å². The lowest BCUT2D eigenvalue weighted by atomic mass is 9.92. The van der Waals surface area contributed by atoms with Gasteiger partial charge in [-0.05, 0) is 50.0 Å². The van der Waals surface area contributed by atoms with Crippen molar-refractivity contribution in [2.75, 3.05) is 6.54 Å². The van der Waals surface area contributed by atoms with Crippen LogP contribution in [-0.2, 0) is 0 Å². The van der Waals surface area contributed by atoms with Crippen LogP contribution in [0.15, 0.2) is 0 Å². The van der Waals surface area contributed by atoms with Gasteiger partial charge in [-0.25, -0.2) is 0 Å². The zero-order valence-electron chi connectivity index (χ0n) is 7.97. The predicted octanol–water partition coefficient (Wildman–Crippen LogP) is 2.55. The predicted molar refractivity (Wildman–Crippen MR) is 51.8 cm³/mol. The Bertz CT molecular complexity index is 130. The fraction of sp³-hybridized carbons (Fsp3) is 1.00. The van der Waals surface area contributed by atoms with Crippen molar-refractivity contribution in [1.29, 1.82) is 0 Å². The molecule has 1 heteroatoms. The van der Waals surface area contributed by atoms with Crippen molar-refractivity contribution in [1.82, 2.24) is 0 Å². The highest BCUT2D eigenvalue weighted by molar-refractivity contribution is 4.82. The summed E-state index contributed by atoms with van der Waals surface area (Å²) >= 11 is 0. The van der Waals surface area contributed by atoms with E-state index in [2.05, 4.69) is 0 Å². The van der Waals surface area contributed by atoms with Gasteiger partial charge in [-0.3, -0.25) is 0 Å². The highest BCUT2D eigenvalue weighted by Crippen LogP contribution is 2.41. The van der Waals surface area contributed by atoms with E-state index < -0.39 is 0 Å². The van der Waals surface area contributed by atoms with Gasteiger partial charge in [0.1, 0.15) is 0 Å². The fourth-order valence-corrected chi connectivity index (χ4v) is 3.15. The standard InChI is InChI=1S/C11H21N/c12-8-9-4-6-10-2-1-3-11(10)7-5-9/h9-11H,1-8,12H2. The van der Waals surface area contributed by atoms with Crippen LogP contribution in [0.5, 0.6) is 0 Å². The number of fused-ring (bicyclic) bond motifs is 1. The van der Waals surface area contributed by atoms with Gasteiger partial charge < -0.3 is 5.73 Å². The first-order valence-electron chi connectivity index (χ1n) is 5.60. The molecule has 70 valence electrons. The Balaban J connectivity index is 1.90. The second-order valence-electron chi connectivity index (χ2n) is 4.71. The maximum absolute atomic E-state index is 5.72. The van der Waals surface area contributed by atoms with Crippen LogP contribution in [0.2, 0.25) is 0 Å². The minimum absolute atomic E-state index is 0.857. The van der Waals surface area contributed by atoms with Gasteiger partial charge in [0, 0.05) is 0 Å². The van der Waals surface area contributed by atoms with E-state index in [1.807, 2.05) is 0 Å². The van der Waals surface area contributed by atoms with Crippen molar-refractivity contribution in [2.24, 2.45) is 23.5 Å². The molecular formula is C11H21N. The second-order valence-corrected chi connectivity index (χ2v) is 4.71. The van der Waals surface area contributed by atoms with Crippen LogP contribution in [0.1, 0.15) is 44.9 Å². The maximum atomic E-state index is 5.72. The van der Waals surface area contributed by atoms with Crippen LogP contribution < -0.4 is 5.73 Å². The minimum atomic E-state index is 0.857. The highest BCUT2D eigenvalue weighted by atomic mass is 14.6. The first kappa shape index (κ1) is 8.55. The lowest BCUT2D eigenvalue weighted by Gasteiger charge is -2.14. The van der Waals surface area contributed by atoms with Crippen molar-refractivity contribution in [3.8, 4) is 0 Å². The van der Waals surface area contributed by atoms with Crippen molar-refractivity contribution in [2.45, 2.75) is 44.9 Å². The Morgan fingerprint density at radius 2 is 1.42 bits per heavy atom. The molecule has 2 saturated carbocycles. The van der Waals surface area contributed by atoms with Gasteiger partial charge in [0.2, 0.25) is 0 Å². The summed E-state index contributed by atoms with van der Waals surface area (Å²) in [6.07, 6.45) is 10.3. The molecule has 0 saturated heterocycles. The summed E-state index contributed by atoms with van der Waals surface area (Å²) in [5, 5.41) is 0. The third-order valence-corrected chi connectivity index (χ3v) is 4.04. The monoisotopic (exact) mass is 167 g/mol. The Labute approximate surface area is 75.7 Å². The SMILES string of the molecule is NCC1CCC2CCCC2CC1. The van der Waals surface area contributed by atoms with Gasteiger partial charge in [0.25, 0.3) is 0 Å². The maximum Gasteiger partial charge on any atom is -0.00489 e. The molecular weight excluding hydrogens is 146 g/mol. The highest BCUT2D eigenvalue weighted by Gasteiger charge is 2.30. The Morgan fingerprint density at radius 1 is 0.833 bits per heavy atom. The second kappa shape index (κ2) is 3.78. The van der Waals surface area contributed by atoms with Crippen LogP contribution in [0.4, 0.5) is 0 Å². The topological polar surface area (TPSA) is 26.0 Å². The summed E-state index contributed by atoms with van der Waals surface area (Å²) in [4.78, 5) is 0. The molecule has 0 aliphatic heterocycles.